The van der Waals surface area contributed by atoms with Gasteiger partial charge in [-0.05, 0) is 18.7 Å². The highest BCUT2D eigenvalue weighted by Gasteiger charge is 2.13. The molecule has 0 aliphatic heterocycles. The summed E-state index contributed by atoms with van der Waals surface area (Å²) >= 11 is 7.85. The Bertz CT molecular complexity index is 442. The lowest BCUT2D eigenvalue weighted by Crippen LogP contribution is -2.19. The summed E-state index contributed by atoms with van der Waals surface area (Å²) in [5.74, 6) is 0. The first-order valence-electron chi connectivity index (χ1n) is 5.11. The van der Waals surface area contributed by atoms with Crippen LogP contribution in [0, 0.1) is 0 Å². The maximum absolute atomic E-state index is 6.18. The number of nitrogens with one attached hydrogen (secondary N) is 1. The zero-order valence-corrected chi connectivity index (χ0v) is 10.6. The molecule has 0 saturated carbocycles. The van der Waals surface area contributed by atoms with Gasteiger partial charge in [0.2, 0.25) is 0 Å². The molecule has 84 valence electrons. The van der Waals surface area contributed by atoms with E-state index < -0.39 is 0 Å². The molecule has 1 N–H and O–H groups in total. The molecule has 2 nitrogen and oxygen atoms in total. The summed E-state index contributed by atoms with van der Waals surface area (Å²) < 4.78 is 0. The van der Waals surface area contributed by atoms with Crippen LogP contribution in [0.1, 0.15) is 16.6 Å². The van der Waals surface area contributed by atoms with Gasteiger partial charge in [-0.2, -0.15) is 0 Å². The van der Waals surface area contributed by atoms with Crippen molar-refractivity contribution in [3.8, 4) is 0 Å². The molecule has 2 aromatic rings. The minimum atomic E-state index is 0.222. The van der Waals surface area contributed by atoms with Crippen molar-refractivity contribution in [3.05, 3.63) is 51.4 Å². The highest BCUT2D eigenvalue weighted by molar-refractivity contribution is 7.09. The highest BCUT2D eigenvalue weighted by atomic mass is 35.5. The molecule has 1 atom stereocenters. The summed E-state index contributed by atoms with van der Waals surface area (Å²) in [6.45, 7) is 0. The zero-order valence-electron chi connectivity index (χ0n) is 8.98. The molecule has 16 heavy (non-hydrogen) atoms. The Balaban J connectivity index is 2.20. The molecular weight excluding hydrogens is 240 g/mol. The molecule has 0 spiro atoms. The number of halogens is 1. The first kappa shape index (κ1) is 11.6. The standard InChI is InChI=1S/C12H13ClN2S/c1-14-11(8-12-15-6-7-16-12)9-4-2-3-5-10(9)13/h2-7,11,14H,8H2,1H3. The van der Waals surface area contributed by atoms with Crippen LogP contribution in [0.5, 0.6) is 0 Å². The second kappa shape index (κ2) is 5.43. The Morgan fingerprint density at radius 1 is 1.44 bits per heavy atom. The van der Waals surface area contributed by atoms with Gasteiger partial charge in [-0.25, -0.2) is 4.98 Å². The van der Waals surface area contributed by atoms with Crippen molar-refractivity contribution >= 4 is 22.9 Å². The highest BCUT2D eigenvalue weighted by Crippen LogP contribution is 2.25. The van der Waals surface area contributed by atoms with Gasteiger partial charge in [-0.1, -0.05) is 29.8 Å². The Kier molecular flexibility index (Phi) is 3.93. The van der Waals surface area contributed by atoms with Crippen LogP contribution in [0.25, 0.3) is 0 Å². The fourth-order valence-electron chi connectivity index (χ4n) is 1.65. The molecule has 1 aromatic heterocycles. The minimum absolute atomic E-state index is 0.222. The molecule has 0 amide bonds. The average molecular weight is 253 g/mol. The van der Waals surface area contributed by atoms with Crippen LogP contribution in [0.15, 0.2) is 35.8 Å². The SMILES string of the molecule is CNC(Cc1nccs1)c1ccccc1Cl. The molecular formula is C12H13ClN2S. The second-order valence-electron chi connectivity index (χ2n) is 3.49. The second-order valence-corrected chi connectivity index (χ2v) is 4.88. The lowest BCUT2D eigenvalue weighted by molar-refractivity contribution is 0.590. The summed E-state index contributed by atoms with van der Waals surface area (Å²) in [6, 6.07) is 8.15. The summed E-state index contributed by atoms with van der Waals surface area (Å²) in [6.07, 6.45) is 2.71. The first-order chi connectivity index (χ1) is 7.81. The zero-order chi connectivity index (χ0) is 11.4. The lowest BCUT2D eigenvalue weighted by Gasteiger charge is -2.16. The fourth-order valence-corrected chi connectivity index (χ4v) is 2.58. The van der Waals surface area contributed by atoms with E-state index in [0.29, 0.717) is 0 Å². The van der Waals surface area contributed by atoms with Crippen LogP contribution in [0.3, 0.4) is 0 Å². The van der Waals surface area contributed by atoms with E-state index >= 15 is 0 Å². The molecule has 0 saturated heterocycles. The first-order valence-corrected chi connectivity index (χ1v) is 6.37. The van der Waals surface area contributed by atoms with Gasteiger partial charge in [0.15, 0.2) is 0 Å². The van der Waals surface area contributed by atoms with Crippen molar-refractivity contribution in [3.63, 3.8) is 0 Å². The average Bonchev–Trinajstić information content (AvgIpc) is 2.80. The van der Waals surface area contributed by atoms with Crippen LogP contribution < -0.4 is 5.32 Å². The summed E-state index contributed by atoms with van der Waals surface area (Å²) in [5, 5.41) is 7.20. The molecule has 0 fully saturated rings. The smallest absolute Gasteiger partial charge is 0.0943 e. The molecule has 1 heterocycles. The lowest BCUT2D eigenvalue weighted by atomic mass is 10.0. The van der Waals surface area contributed by atoms with Crippen LogP contribution in [0.4, 0.5) is 0 Å². The van der Waals surface area contributed by atoms with Crippen molar-refractivity contribution < 1.29 is 0 Å². The van der Waals surface area contributed by atoms with E-state index in [1.807, 2.05) is 36.8 Å². The topological polar surface area (TPSA) is 24.9 Å². The van der Waals surface area contributed by atoms with E-state index in [-0.39, 0.29) is 6.04 Å². The van der Waals surface area contributed by atoms with Gasteiger partial charge in [0.25, 0.3) is 0 Å². The Hall–Kier alpha value is -0.900. The van der Waals surface area contributed by atoms with Gasteiger partial charge in [0.05, 0.1) is 5.01 Å². The summed E-state index contributed by atoms with van der Waals surface area (Å²) in [4.78, 5) is 4.29. The van der Waals surface area contributed by atoms with Crippen LogP contribution in [-0.4, -0.2) is 12.0 Å². The van der Waals surface area contributed by atoms with E-state index in [1.165, 1.54) is 0 Å². The molecule has 1 aromatic carbocycles. The van der Waals surface area contributed by atoms with Crippen LogP contribution >= 0.6 is 22.9 Å². The minimum Gasteiger partial charge on any atom is -0.313 e. The van der Waals surface area contributed by atoms with E-state index in [0.717, 1.165) is 22.0 Å². The summed E-state index contributed by atoms with van der Waals surface area (Å²) in [5.41, 5.74) is 1.13. The molecule has 0 bridgehead atoms. The number of hydrogen-bond donors (Lipinski definition) is 1. The van der Waals surface area contributed by atoms with Crippen molar-refractivity contribution in [2.24, 2.45) is 0 Å². The van der Waals surface area contributed by atoms with Crippen LogP contribution in [-0.2, 0) is 6.42 Å². The van der Waals surface area contributed by atoms with Gasteiger partial charge in [0.1, 0.15) is 0 Å². The van der Waals surface area contributed by atoms with Gasteiger partial charge in [-0.3, -0.25) is 0 Å². The number of aromatic nitrogens is 1. The maximum atomic E-state index is 6.18. The third-order valence-electron chi connectivity index (χ3n) is 2.49. The summed E-state index contributed by atoms with van der Waals surface area (Å²) in [7, 11) is 1.95. The largest absolute Gasteiger partial charge is 0.313 e. The van der Waals surface area contributed by atoms with E-state index in [2.05, 4.69) is 16.4 Å². The monoisotopic (exact) mass is 252 g/mol. The number of rotatable bonds is 4. The number of nitrogens with zero attached hydrogens (tertiary/aromatic N) is 1. The number of hydrogen-bond acceptors (Lipinski definition) is 3. The van der Waals surface area contributed by atoms with Crippen LogP contribution in [0.2, 0.25) is 5.02 Å². The predicted molar refractivity (Wildman–Crippen MR) is 69.1 cm³/mol. The maximum Gasteiger partial charge on any atom is 0.0943 e. The van der Waals surface area contributed by atoms with Gasteiger partial charge >= 0.3 is 0 Å². The fraction of sp³-hybridized carbons (Fsp3) is 0.250. The molecule has 0 aliphatic rings. The number of likely N-dealkylation sites (N-methyl/N-ethyl adjacent to an activating group) is 1. The quantitative estimate of drug-likeness (QED) is 0.903. The Morgan fingerprint density at radius 3 is 2.88 bits per heavy atom. The Labute approximate surface area is 104 Å². The van der Waals surface area contributed by atoms with Crippen molar-refractivity contribution in [1.82, 2.24) is 10.3 Å². The number of thiazole rings is 1. The molecule has 4 heteroatoms. The van der Waals surface area contributed by atoms with Crippen molar-refractivity contribution in [2.45, 2.75) is 12.5 Å². The third-order valence-corrected chi connectivity index (χ3v) is 3.64. The van der Waals surface area contributed by atoms with Crippen molar-refractivity contribution in [2.75, 3.05) is 7.05 Å². The molecule has 0 radical (unpaired) electrons. The van der Waals surface area contributed by atoms with Gasteiger partial charge in [0, 0.05) is 29.1 Å². The van der Waals surface area contributed by atoms with Crippen molar-refractivity contribution in [1.29, 1.82) is 0 Å². The molecule has 1 unspecified atom stereocenters. The van der Waals surface area contributed by atoms with E-state index in [1.54, 1.807) is 11.3 Å². The number of benzene rings is 1. The predicted octanol–water partition coefficient (Wildman–Crippen LogP) is 3.30. The van der Waals surface area contributed by atoms with Gasteiger partial charge in [-0.15, -0.1) is 11.3 Å². The normalized spacial score (nSPS) is 12.6. The molecule has 2 rings (SSSR count). The van der Waals surface area contributed by atoms with Gasteiger partial charge < -0.3 is 5.32 Å². The van der Waals surface area contributed by atoms with E-state index in [4.69, 9.17) is 11.6 Å². The molecule has 0 aliphatic carbocycles. The Morgan fingerprint density at radius 2 is 2.25 bits per heavy atom. The van der Waals surface area contributed by atoms with E-state index in [9.17, 15) is 0 Å². The third kappa shape index (κ3) is 2.61.